The van der Waals surface area contributed by atoms with Crippen LogP contribution in [0.3, 0.4) is 0 Å². The van der Waals surface area contributed by atoms with Crippen molar-refractivity contribution in [2.75, 3.05) is 23.3 Å². The van der Waals surface area contributed by atoms with Gasteiger partial charge in [0.15, 0.2) is 5.82 Å². The predicted molar refractivity (Wildman–Crippen MR) is 109 cm³/mol. The number of hydrogen-bond acceptors (Lipinski definition) is 6. The molecule has 28 heavy (non-hydrogen) atoms. The fraction of sp³-hybridized carbons (Fsp3) is 0.429. The van der Waals surface area contributed by atoms with E-state index >= 15 is 0 Å². The lowest BCUT2D eigenvalue weighted by atomic mass is 10.0. The third-order valence-corrected chi connectivity index (χ3v) is 5.65. The minimum absolute atomic E-state index is 0.366. The smallest absolute Gasteiger partial charge is 0.180 e. The van der Waals surface area contributed by atoms with Crippen molar-refractivity contribution in [2.24, 2.45) is 7.05 Å². The van der Waals surface area contributed by atoms with Gasteiger partial charge < -0.3 is 10.2 Å². The zero-order chi connectivity index (χ0) is 18.9. The van der Waals surface area contributed by atoms with Crippen molar-refractivity contribution in [1.29, 1.82) is 0 Å². The van der Waals surface area contributed by atoms with Crippen molar-refractivity contribution in [3.63, 3.8) is 0 Å². The maximum atomic E-state index is 4.89. The van der Waals surface area contributed by atoms with Crippen molar-refractivity contribution in [3.8, 4) is 11.5 Å². The van der Waals surface area contributed by atoms with E-state index in [1.54, 1.807) is 6.20 Å². The molecular formula is C21H25N7. The van der Waals surface area contributed by atoms with Gasteiger partial charge in [-0.15, -0.1) is 0 Å². The van der Waals surface area contributed by atoms with E-state index in [-0.39, 0.29) is 0 Å². The number of aromatic nitrogens is 5. The summed E-state index contributed by atoms with van der Waals surface area (Å²) in [4.78, 5) is 16.6. The number of nitrogens with one attached hydrogen (secondary N) is 1. The fourth-order valence-corrected chi connectivity index (χ4v) is 4.26. The highest BCUT2D eigenvalue weighted by Gasteiger charge is 2.25. The molecule has 144 valence electrons. The van der Waals surface area contributed by atoms with Crippen LogP contribution in [0.1, 0.15) is 30.5 Å². The van der Waals surface area contributed by atoms with Crippen LogP contribution in [0.4, 0.5) is 11.5 Å². The summed E-state index contributed by atoms with van der Waals surface area (Å²) in [5.41, 5.74) is 4.49. The Morgan fingerprint density at radius 1 is 1.14 bits per heavy atom. The van der Waals surface area contributed by atoms with E-state index in [2.05, 4.69) is 26.5 Å². The average Bonchev–Trinajstić information content (AvgIpc) is 3.38. The van der Waals surface area contributed by atoms with Crippen LogP contribution in [-0.2, 0) is 19.9 Å². The summed E-state index contributed by atoms with van der Waals surface area (Å²) in [7, 11) is 1.96. The van der Waals surface area contributed by atoms with Crippen molar-refractivity contribution < 1.29 is 0 Å². The highest BCUT2D eigenvalue weighted by Crippen LogP contribution is 2.30. The predicted octanol–water partition coefficient (Wildman–Crippen LogP) is 2.84. The fourth-order valence-electron chi connectivity index (χ4n) is 4.26. The maximum Gasteiger partial charge on any atom is 0.180 e. The Bertz CT molecular complexity index is 966. The number of nitrogens with zero attached hydrogens (tertiary/aromatic N) is 6. The molecule has 1 unspecified atom stereocenters. The van der Waals surface area contributed by atoms with Gasteiger partial charge in [-0.2, -0.15) is 5.10 Å². The van der Waals surface area contributed by atoms with Crippen molar-refractivity contribution in [2.45, 2.75) is 38.1 Å². The highest BCUT2D eigenvalue weighted by atomic mass is 15.3. The second-order valence-electron chi connectivity index (χ2n) is 7.69. The molecule has 1 saturated heterocycles. The highest BCUT2D eigenvalue weighted by molar-refractivity contribution is 5.58. The topological polar surface area (TPSA) is 71.8 Å². The molecule has 1 fully saturated rings. The molecule has 0 bridgehead atoms. The van der Waals surface area contributed by atoms with E-state index < -0.39 is 0 Å². The van der Waals surface area contributed by atoms with Crippen LogP contribution in [0, 0.1) is 0 Å². The zero-order valence-corrected chi connectivity index (χ0v) is 16.2. The number of pyridine rings is 1. The lowest BCUT2D eigenvalue weighted by molar-refractivity contribution is 0.528. The molecule has 0 radical (unpaired) electrons. The number of rotatable bonds is 4. The zero-order valence-electron chi connectivity index (χ0n) is 16.2. The molecule has 7 nitrogen and oxygen atoms in total. The Morgan fingerprint density at radius 2 is 2.11 bits per heavy atom. The second-order valence-corrected chi connectivity index (χ2v) is 7.69. The Morgan fingerprint density at radius 3 is 2.93 bits per heavy atom. The quantitative estimate of drug-likeness (QED) is 0.756. The molecule has 3 aromatic heterocycles. The average molecular weight is 375 g/mol. The van der Waals surface area contributed by atoms with Crippen LogP contribution in [0.25, 0.3) is 11.5 Å². The van der Waals surface area contributed by atoms with Gasteiger partial charge in [0.25, 0.3) is 0 Å². The summed E-state index contributed by atoms with van der Waals surface area (Å²) >= 11 is 0. The SMILES string of the molecule is Cn1cc(N2CCCC(Nc3nc(-c4ccccn4)nc4c3CCC4)C2)cn1. The van der Waals surface area contributed by atoms with Gasteiger partial charge in [0.1, 0.15) is 11.5 Å². The van der Waals surface area contributed by atoms with Gasteiger partial charge in [0, 0.05) is 49.8 Å². The first-order valence-corrected chi connectivity index (χ1v) is 10.1. The van der Waals surface area contributed by atoms with Gasteiger partial charge in [-0.3, -0.25) is 9.67 Å². The van der Waals surface area contributed by atoms with Crippen molar-refractivity contribution in [3.05, 3.63) is 48.0 Å². The molecular weight excluding hydrogens is 350 g/mol. The van der Waals surface area contributed by atoms with Crippen molar-refractivity contribution >= 4 is 11.5 Å². The Kier molecular flexibility index (Phi) is 4.43. The van der Waals surface area contributed by atoms with Gasteiger partial charge in [0.2, 0.25) is 0 Å². The molecule has 1 aliphatic heterocycles. The monoisotopic (exact) mass is 375 g/mol. The van der Waals surface area contributed by atoms with E-state index in [1.165, 1.54) is 16.9 Å². The molecule has 3 aromatic rings. The molecule has 1 atom stereocenters. The lowest BCUT2D eigenvalue weighted by Gasteiger charge is -2.34. The first-order chi connectivity index (χ1) is 13.8. The molecule has 0 amide bonds. The molecule has 1 aliphatic carbocycles. The number of piperidine rings is 1. The van der Waals surface area contributed by atoms with Crippen LogP contribution in [0.2, 0.25) is 0 Å². The van der Waals surface area contributed by atoms with Crippen LogP contribution in [-0.4, -0.2) is 43.9 Å². The van der Waals surface area contributed by atoms with E-state index in [1.807, 2.05) is 36.1 Å². The normalized spacial score (nSPS) is 18.9. The molecule has 7 heteroatoms. The first-order valence-electron chi connectivity index (χ1n) is 10.1. The van der Waals surface area contributed by atoms with Crippen LogP contribution < -0.4 is 10.2 Å². The van der Waals surface area contributed by atoms with Gasteiger partial charge in [-0.05, 0) is 44.2 Å². The largest absolute Gasteiger partial charge is 0.367 e. The second kappa shape index (κ2) is 7.22. The number of aryl methyl sites for hydroxylation is 2. The minimum atomic E-state index is 0.366. The summed E-state index contributed by atoms with van der Waals surface area (Å²) in [5.74, 6) is 1.73. The number of fused-ring (bicyclic) bond motifs is 1. The third-order valence-electron chi connectivity index (χ3n) is 5.65. The lowest BCUT2D eigenvalue weighted by Crippen LogP contribution is -2.42. The Labute approximate surface area is 164 Å². The first kappa shape index (κ1) is 17.2. The van der Waals surface area contributed by atoms with E-state index in [9.17, 15) is 0 Å². The van der Waals surface area contributed by atoms with Crippen LogP contribution >= 0.6 is 0 Å². The summed E-state index contributed by atoms with van der Waals surface area (Å²) in [6, 6.07) is 6.25. The summed E-state index contributed by atoms with van der Waals surface area (Å²) < 4.78 is 1.86. The van der Waals surface area contributed by atoms with Gasteiger partial charge in [-0.1, -0.05) is 6.07 Å². The third kappa shape index (κ3) is 3.32. The molecule has 0 aromatic carbocycles. The summed E-state index contributed by atoms with van der Waals surface area (Å²) in [5, 5.41) is 8.07. The van der Waals surface area contributed by atoms with Crippen molar-refractivity contribution in [1.82, 2.24) is 24.7 Å². The van der Waals surface area contributed by atoms with E-state index in [0.29, 0.717) is 6.04 Å². The molecule has 5 rings (SSSR count). The van der Waals surface area contributed by atoms with E-state index in [0.717, 1.165) is 62.5 Å². The van der Waals surface area contributed by atoms with E-state index in [4.69, 9.17) is 9.97 Å². The van der Waals surface area contributed by atoms with Crippen LogP contribution in [0.15, 0.2) is 36.8 Å². The Balaban J connectivity index is 1.41. The summed E-state index contributed by atoms with van der Waals surface area (Å²) in [6.45, 7) is 2.04. The number of hydrogen-bond donors (Lipinski definition) is 1. The standard InChI is InChI=1S/C21H25N7/c1-27-14-16(12-23-27)28-11-5-6-15(13-28)24-20-17-7-4-9-18(17)25-21(26-20)19-8-2-3-10-22-19/h2-3,8,10,12,14-15H,4-7,9,11,13H2,1H3,(H,24,25,26). The number of anilines is 2. The Hall–Kier alpha value is -2.96. The molecule has 1 N–H and O–H groups in total. The van der Waals surface area contributed by atoms with Gasteiger partial charge >= 0.3 is 0 Å². The summed E-state index contributed by atoms with van der Waals surface area (Å²) in [6.07, 6.45) is 11.4. The molecule has 0 spiro atoms. The van der Waals surface area contributed by atoms with Gasteiger partial charge in [-0.25, -0.2) is 9.97 Å². The molecule has 2 aliphatic rings. The van der Waals surface area contributed by atoms with Crippen LogP contribution in [0.5, 0.6) is 0 Å². The maximum absolute atomic E-state index is 4.89. The minimum Gasteiger partial charge on any atom is -0.367 e. The molecule has 0 saturated carbocycles. The molecule has 4 heterocycles. The van der Waals surface area contributed by atoms with Gasteiger partial charge in [0.05, 0.1) is 11.9 Å².